The molecule has 10 nitrogen and oxygen atoms in total. The number of hydrogen-bond donors (Lipinski definition) is 0. The zero-order valence-electron chi connectivity index (χ0n) is 19.7. The number of benzene rings is 1. The van der Waals surface area contributed by atoms with E-state index >= 15 is 0 Å². The van der Waals surface area contributed by atoms with Crippen molar-refractivity contribution in [2.45, 2.75) is 19.8 Å². The maximum Gasteiger partial charge on any atom is 0.304 e. The fourth-order valence-corrected chi connectivity index (χ4v) is 6.28. The van der Waals surface area contributed by atoms with Gasteiger partial charge in [0.15, 0.2) is 0 Å². The average Bonchev–Trinajstić information content (AvgIpc) is 2.89. The molecule has 2 aliphatic rings. The molecule has 2 saturated heterocycles. The van der Waals surface area contributed by atoms with E-state index in [1.807, 2.05) is 11.8 Å². The molecule has 4 rings (SSSR count). The third-order valence-electron chi connectivity index (χ3n) is 6.41. The van der Waals surface area contributed by atoms with E-state index in [0.29, 0.717) is 69.5 Å². The van der Waals surface area contributed by atoms with Crippen molar-refractivity contribution in [2.75, 3.05) is 62.1 Å². The monoisotopic (exact) mass is 488 g/mol. The van der Waals surface area contributed by atoms with Crippen molar-refractivity contribution in [3.8, 4) is 5.75 Å². The van der Waals surface area contributed by atoms with Crippen LogP contribution in [0.4, 0.5) is 11.6 Å². The van der Waals surface area contributed by atoms with Crippen LogP contribution in [0.5, 0.6) is 5.75 Å². The predicted molar refractivity (Wildman–Crippen MR) is 130 cm³/mol. The van der Waals surface area contributed by atoms with Crippen LogP contribution in [0.2, 0.25) is 0 Å². The maximum atomic E-state index is 13.5. The zero-order chi connectivity index (χ0) is 24.1. The van der Waals surface area contributed by atoms with Crippen molar-refractivity contribution >= 4 is 27.8 Å². The van der Waals surface area contributed by atoms with Gasteiger partial charge in [0.05, 0.1) is 18.7 Å². The topological polar surface area (TPSA) is 99.2 Å². The van der Waals surface area contributed by atoms with Crippen LogP contribution in [0.15, 0.2) is 42.7 Å². The van der Waals surface area contributed by atoms with E-state index in [4.69, 9.17) is 4.74 Å². The van der Waals surface area contributed by atoms with Crippen molar-refractivity contribution in [2.24, 2.45) is 5.92 Å². The van der Waals surface area contributed by atoms with Gasteiger partial charge < -0.3 is 14.5 Å². The smallest absolute Gasteiger partial charge is 0.304 e. The van der Waals surface area contributed by atoms with Crippen LogP contribution in [0.25, 0.3) is 0 Å². The third-order valence-corrected chi connectivity index (χ3v) is 8.42. The van der Waals surface area contributed by atoms with Crippen LogP contribution in [-0.2, 0) is 15.0 Å². The average molecular weight is 489 g/mol. The highest BCUT2D eigenvalue weighted by Gasteiger charge is 2.37. The Morgan fingerprint density at radius 3 is 2.38 bits per heavy atom. The highest BCUT2D eigenvalue weighted by Crippen LogP contribution is 2.27. The van der Waals surface area contributed by atoms with Crippen LogP contribution in [0, 0.1) is 5.92 Å². The van der Waals surface area contributed by atoms with Gasteiger partial charge in [-0.05, 0) is 50.1 Å². The molecule has 2 aliphatic heterocycles. The lowest BCUT2D eigenvalue weighted by Gasteiger charge is -2.39. The molecule has 3 heterocycles. The standard InChI is InChI=1S/C23H32N6O4S/c1-3-29(20-7-9-21(33-2)10-8-20)34(31,32)28-13-4-6-19(18-28)22(30)26-14-16-27(17-15-26)23-24-11-5-12-25-23/h5,7-12,19H,3-4,6,13-18H2,1-2H3. The Labute approximate surface area is 201 Å². The molecule has 0 N–H and O–H groups in total. The fraction of sp³-hybridized carbons (Fsp3) is 0.522. The number of nitrogens with zero attached hydrogens (tertiary/aromatic N) is 6. The quantitative estimate of drug-likeness (QED) is 0.584. The second kappa shape index (κ2) is 10.6. The lowest BCUT2D eigenvalue weighted by Crippen LogP contribution is -2.54. The van der Waals surface area contributed by atoms with E-state index in [9.17, 15) is 13.2 Å². The largest absolute Gasteiger partial charge is 0.497 e. The summed E-state index contributed by atoms with van der Waals surface area (Å²) in [6.45, 7) is 5.20. The Morgan fingerprint density at radius 2 is 1.76 bits per heavy atom. The first-order valence-electron chi connectivity index (χ1n) is 11.7. The number of hydrogen-bond acceptors (Lipinski definition) is 7. The molecular weight excluding hydrogens is 456 g/mol. The van der Waals surface area contributed by atoms with Crippen LogP contribution in [-0.4, -0.2) is 86.4 Å². The molecule has 184 valence electrons. The number of carbonyl (C=O) groups excluding carboxylic acids is 1. The maximum absolute atomic E-state index is 13.5. The summed E-state index contributed by atoms with van der Waals surface area (Å²) in [5, 5.41) is 0. The van der Waals surface area contributed by atoms with Gasteiger partial charge in [0.25, 0.3) is 0 Å². The Bertz CT molecular complexity index is 1060. The molecule has 0 radical (unpaired) electrons. The molecule has 2 fully saturated rings. The molecule has 2 aromatic rings. The summed E-state index contributed by atoms with van der Waals surface area (Å²) in [5.41, 5.74) is 0.580. The van der Waals surface area contributed by atoms with Gasteiger partial charge in [0.1, 0.15) is 5.75 Å². The first-order chi connectivity index (χ1) is 16.4. The number of aromatic nitrogens is 2. The Morgan fingerprint density at radius 1 is 1.09 bits per heavy atom. The first-order valence-corrected chi connectivity index (χ1v) is 13.1. The lowest BCUT2D eigenvalue weighted by molar-refractivity contribution is -0.137. The molecule has 1 aromatic carbocycles. The molecule has 0 spiro atoms. The van der Waals surface area contributed by atoms with Crippen molar-refractivity contribution < 1.29 is 17.9 Å². The van der Waals surface area contributed by atoms with Gasteiger partial charge in [0, 0.05) is 58.2 Å². The summed E-state index contributed by atoms with van der Waals surface area (Å²) < 4.78 is 35.0. The van der Waals surface area contributed by atoms with Crippen LogP contribution >= 0.6 is 0 Å². The van der Waals surface area contributed by atoms with Crippen LogP contribution in [0.3, 0.4) is 0 Å². The minimum atomic E-state index is -3.76. The van der Waals surface area contributed by atoms with Gasteiger partial charge in [-0.2, -0.15) is 12.7 Å². The second-order valence-corrected chi connectivity index (χ2v) is 10.3. The normalized spacial score (nSPS) is 19.6. The van der Waals surface area contributed by atoms with E-state index in [-0.39, 0.29) is 18.4 Å². The predicted octanol–water partition coefficient (Wildman–Crippen LogP) is 1.62. The molecular formula is C23H32N6O4S. The summed E-state index contributed by atoms with van der Waals surface area (Å²) in [4.78, 5) is 25.8. The summed E-state index contributed by atoms with van der Waals surface area (Å²) in [6, 6.07) is 8.75. The Balaban J connectivity index is 1.40. The highest BCUT2D eigenvalue weighted by atomic mass is 32.2. The molecule has 0 saturated carbocycles. The minimum absolute atomic E-state index is 0.0287. The van der Waals surface area contributed by atoms with E-state index in [1.54, 1.807) is 49.8 Å². The number of methoxy groups -OCH3 is 1. The van der Waals surface area contributed by atoms with Crippen molar-refractivity contribution in [3.05, 3.63) is 42.7 Å². The van der Waals surface area contributed by atoms with E-state index in [0.717, 1.165) is 0 Å². The minimum Gasteiger partial charge on any atom is -0.497 e. The molecule has 1 atom stereocenters. The number of rotatable bonds is 7. The molecule has 0 aliphatic carbocycles. The third kappa shape index (κ3) is 5.10. The summed E-state index contributed by atoms with van der Waals surface area (Å²) >= 11 is 0. The summed E-state index contributed by atoms with van der Waals surface area (Å²) in [6.07, 6.45) is 4.78. The highest BCUT2D eigenvalue weighted by molar-refractivity contribution is 7.90. The second-order valence-electron chi connectivity index (χ2n) is 8.43. The molecule has 1 aromatic heterocycles. The number of piperidine rings is 1. The zero-order valence-corrected chi connectivity index (χ0v) is 20.5. The number of amides is 1. The summed E-state index contributed by atoms with van der Waals surface area (Å²) in [5.74, 6) is 1.03. The molecule has 11 heteroatoms. The SMILES string of the molecule is CCN(c1ccc(OC)cc1)S(=O)(=O)N1CCCC(C(=O)N2CCN(c3ncccn3)CC2)C1. The van der Waals surface area contributed by atoms with Gasteiger partial charge in [0.2, 0.25) is 11.9 Å². The van der Waals surface area contributed by atoms with E-state index in [2.05, 4.69) is 14.9 Å². The first kappa shape index (κ1) is 24.2. The van der Waals surface area contributed by atoms with Gasteiger partial charge in [-0.15, -0.1) is 0 Å². The molecule has 34 heavy (non-hydrogen) atoms. The van der Waals surface area contributed by atoms with Gasteiger partial charge in [-0.25, -0.2) is 9.97 Å². The van der Waals surface area contributed by atoms with E-state index in [1.165, 1.54) is 8.61 Å². The fourth-order valence-electron chi connectivity index (χ4n) is 4.56. The Hall–Kier alpha value is -2.92. The van der Waals surface area contributed by atoms with Crippen LogP contribution in [0.1, 0.15) is 19.8 Å². The van der Waals surface area contributed by atoms with Crippen LogP contribution < -0.4 is 13.9 Å². The van der Waals surface area contributed by atoms with Crippen molar-refractivity contribution in [3.63, 3.8) is 0 Å². The molecule has 1 amide bonds. The van der Waals surface area contributed by atoms with Gasteiger partial charge >= 0.3 is 10.2 Å². The molecule has 1 unspecified atom stereocenters. The number of piperazine rings is 1. The molecule has 0 bridgehead atoms. The van der Waals surface area contributed by atoms with Crippen molar-refractivity contribution in [1.29, 1.82) is 0 Å². The number of anilines is 2. The van der Waals surface area contributed by atoms with Gasteiger partial charge in [-0.3, -0.25) is 9.10 Å². The van der Waals surface area contributed by atoms with E-state index < -0.39 is 10.2 Å². The lowest BCUT2D eigenvalue weighted by atomic mass is 9.98. The number of ether oxygens (including phenoxy) is 1. The van der Waals surface area contributed by atoms with Crippen molar-refractivity contribution in [1.82, 2.24) is 19.2 Å². The summed E-state index contributed by atoms with van der Waals surface area (Å²) in [7, 11) is -2.19. The Kier molecular flexibility index (Phi) is 7.52. The number of carbonyl (C=O) groups is 1. The van der Waals surface area contributed by atoms with Gasteiger partial charge in [-0.1, -0.05) is 0 Å².